The predicted molar refractivity (Wildman–Crippen MR) is 70.3 cm³/mol. The van der Waals surface area contributed by atoms with Crippen molar-refractivity contribution in [2.75, 3.05) is 0 Å². The molecule has 0 aromatic carbocycles. The van der Waals surface area contributed by atoms with Gasteiger partial charge in [0, 0.05) is 0 Å². The van der Waals surface area contributed by atoms with Gasteiger partial charge in [0.05, 0.1) is 0 Å². The number of hydrogen-bond acceptors (Lipinski definition) is 1. The van der Waals surface area contributed by atoms with E-state index < -0.39 is 24.7 Å². The molecule has 0 radical (unpaired) electrons. The van der Waals surface area contributed by atoms with Gasteiger partial charge in [-0.2, -0.15) is 0 Å². The van der Waals surface area contributed by atoms with Crippen molar-refractivity contribution < 1.29 is 0 Å². The molecule has 0 amide bonds. The van der Waals surface area contributed by atoms with Crippen LogP contribution in [0.5, 0.6) is 0 Å². The van der Waals surface area contributed by atoms with E-state index in [0.717, 1.165) is 0 Å². The zero-order valence-corrected chi connectivity index (χ0v) is 14.8. The zero-order chi connectivity index (χ0) is 10.3. The van der Waals surface area contributed by atoms with Gasteiger partial charge in [0.15, 0.2) is 0 Å². The first kappa shape index (κ1) is 12.4. The molecule has 0 aliphatic rings. The van der Waals surface area contributed by atoms with Gasteiger partial charge >= 0.3 is 98.6 Å². The summed E-state index contributed by atoms with van der Waals surface area (Å²) in [6, 6.07) is 0. The van der Waals surface area contributed by atoms with E-state index in [2.05, 4.69) is 33.8 Å². The monoisotopic (exact) mass is 360 g/mol. The van der Waals surface area contributed by atoms with Crippen LogP contribution in [-0.4, -0.2) is 24.7 Å². The fourth-order valence-corrected chi connectivity index (χ4v) is 21.2. The van der Waals surface area contributed by atoms with E-state index in [9.17, 15) is 0 Å². The van der Waals surface area contributed by atoms with Crippen LogP contribution in [-0.2, 0) is 0 Å². The van der Waals surface area contributed by atoms with Crippen molar-refractivity contribution in [2.24, 2.45) is 0 Å². The Hall–Kier alpha value is 1.37. The Balaban J connectivity index is 3.19. The summed E-state index contributed by atoms with van der Waals surface area (Å²) in [5.74, 6) is 8.83. The maximum absolute atomic E-state index is 6.48. The fraction of sp³-hybridized carbons (Fsp3) is 0.500. The normalized spacial score (nSPS) is 13.4. The van der Waals surface area contributed by atoms with Crippen LogP contribution >= 0.6 is 31.4 Å². The van der Waals surface area contributed by atoms with Crippen LogP contribution in [0.3, 0.4) is 0 Å². The van der Waals surface area contributed by atoms with Gasteiger partial charge in [-0.05, 0) is 0 Å². The second-order valence-corrected chi connectivity index (χ2v) is 29.3. The first-order chi connectivity index (χ1) is 5.73. The molecule has 13 heavy (non-hydrogen) atoms. The van der Waals surface area contributed by atoms with Crippen LogP contribution in [0.1, 0.15) is 0 Å². The summed E-state index contributed by atoms with van der Waals surface area (Å²) >= 11 is -2.62. The van der Waals surface area contributed by atoms with Gasteiger partial charge in [-0.1, -0.05) is 0 Å². The van der Waals surface area contributed by atoms with Crippen LogP contribution in [0.15, 0.2) is 10.8 Å². The van der Waals surface area contributed by atoms with Crippen molar-refractivity contribution in [1.29, 1.82) is 0 Å². The van der Waals surface area contributed by atoms with E-state index in [-0.39, 0.29) is 0 Å². The third kappa shape index (κ3) is 3.16. The molecule has 1 rings (SSSR count). The molecule has 0 unspecified atom stereocenters. The zero-order valence-electron chi connectivity index (χ0n) is 8.32. The Morgan fingerprint density at radius 2 is 1.23 bits per heavy atom. The van der Waals surface area contributed by atoms with Crippen molar-refractivity contribution in [3.8, 4) is 0 Å². The van der Waals surface area contributed by atoms with Crippen LogP contribution < -0.4 is 8.79 Å². The second-order valence-electron chi connectivity index (χ2n) is 4.14. The number of halogens is 2. The Kier molecular flexibility index (Phi) is 3.91. The summed E-state index contributed by atoms with van der Waals surface area (Å²) in [5.41, 5.74) is 0. The molecule has 0 fully saturated rings. The minimum atomic E-state index is -2.18. The third-order valence-corrected chi connectivity index (χ3v) is 13.9. The van der Waals surface area contributed by atoms with E-state index in [1.807, 2.05) is 0 Å². The van der Waals surface area contributed by atoms with Crippen LogP contribution in [0.4, 0.5) is 0 Å². The van der Waals surface area contributed by atoms with Gasteiger partial charge in [0.1, 0.15) is 0 Å². The third-order valence-electron chi connectivity index (χ3n) is 1.94. The molecule has 0 saturated heterocycles. The van der Waals surface area contributed by atoms with E-state index >= 15 is 0 Å². The van der Waals surface area contributed by atoms with Crippen LogP contribution in [0.2, 0.25) is 23.0 Å². The van der Waals surface area contributed by atoms with Gasteiger partial charge in [-0.15, -0.1) is 0 Å². The Morgan fingerprint density at radius 1 is 0.923 bits per heavy atom. The van der Waals surface area contributed by atoms with Crippen molar-refractivity contribution in [1.82, 2.24) is 0 Å². The summed E-state index contributed by atoms with van der Waals surface area (Å²) in [7, 11) is 13.0. The molecule has 1 aromatic heterocycles. The van der Waals surface area contributed by atoms with Crippen LogP contribution in [0, 0.1) is 0 Å². The number of hydrogen-bond donors (Lipinski definition) is 0. The molecule has 1 aromatic rings. The molecular formula is C8H14Cl2Ge2S. The molecule has 0 aliphatic heterocycles. The van der Waals surface area contributed by atoms with E-state index in [4.69, 9.17) is 20.0 Å². The second kappa shape index (κ2) is 4.09. The molecule has 0 atom stereocenters. The number of thiophene rings is 1. The molecule has 0 nitrogen and oxygen atoms in total. The number of rotatable bonds is 2. The first-order valence-electron chi connectivity index (χ1n) is 4.18. The molecule has 0 spiro atoms. The van der Waals surface area contributed by atoms with Crippen molar-refractivity contribution >= 4 is 64.8 Å². The van der Waals surface area contributed by atoms with Crippen molar-refractivity contribution in [3.05, 3.63) is 10.8 Å². The Bertz CT molecular complexity index is 267. The van der Waals surface area contributed by atoms with Gasteiger partial charge in [-0.25, -0.2) is 0 Å². The Labute approximate surface area is 97.7 Å². The molecule has 5 heteroatoms. The van der Waals surface area contributed by atoms with Gasteiger partial charge in [0.2, 0.25) is 0 Å². The van der Waals surface area contributed by atoms with Gasteiger partial charge < -0.3 is 0 Å². The van der Waals surface area contributed by atoms with Crippen LogP contribution in [0.25, 0.3) is 0 Å². The molecule has 74 valence electrons. The van der Waals surface area contributed by atoms with Gasteiger partial charge in [-0.3, -0.25) is 0 Å². The molecule has 0 aliphatic carbocycles. The maximum atomic E-state index is 6.48. The predicted octanol–water partition coefficient (Wildman–Crippen LogP) is 3.05. The molecule has 0 saturated carbocycles. The van der Waals surface area contributed by atoms with Crippen molar-refractivity contribution in [2.45, 2.75) is 23.0 Å². The van der Waals surface area contributed by atoms with Crippen molar-refractivity contribution in [3.63, 3.8) is 0 Å². The first-order valence-corrected chi connectivity index (χ1v) is 21.1. The topological polar surface area (TPSA) is 0 Å². The molecule has 0 N–H and O–H groups in total. The van der Waals surface area contributed by atoms with E-state index in [0.29, 0.717) is 0 Å². The van der Waals surface area contributed by atoms with Gasteiger partial charge in [0.25, 0.3) is 0 Å². The quantitative estimate of drug-likeness (QED) is 0.713. The summed E-state index contributed by atoms with van der Waals surface area (Å²) in [6.07, 6.45) is 0. The average molecular weight is 358 g/mol. The summed E-state index contributed by atoms with van der Waals surface area (Å²) < 4.78 is 2.82. The summed E-state index contributed by atoms with van der Waals surface area (Å²) in [4.78, 5) is 0. The summed E-state index contributed by atoms with van der Waals surface area (Å²) in [6.45, 7) is 0. The SMILES string of the molecule is [CH3][Ge]([CH3])([Cl])[c]1csc[c]1[Ge]([CH3])([CH3])[Cl]. The Morgan fingerprint density at radius 3 is 1.46 bits per heavy atom. The molecule has 1 heterocycles. The fourth-order valence-electron chi connectivity index (χ4n) is 1.22. The minimum absolute atomic E-state index is 1.41. The van der Waals surface area contributed by atoms with E-state index in [1.54, 1.807) is 11.3 Å². The van der Waals surface area contributed by atoms with E-state index in [1.165, 1.54) is 8.79 Å². The average Bonchev–Trinajstić information content (AvgIpc) is 2.27. The molecule has 0 bridgehead atoms. The molecular weight excluding hydrogens is 344 g/mol. The summed E-state index contributed by atoms with van der Waals surface area (Å²) in [5, 5.41) is 4.41. The standard InChI is InChI=1S/C8H14Cl2Ge2S/c1-11(2,9)7-5-13-6-8(7)12(3,4)10/h5-6H,1-4H3.